The Labute approximate surface area is 122 Å². The van der Waals surface area contributed by atoms with Crippen molar-refractivity contribution in [1.29, 1.82) is 0 Å². The molecule has 0 aromatic heterocycles. The molecule has 2 aliphatic rings. The fraction of sp³-hybridized carbons (Fsp3) is 0.933. The summed E-state index contributed by atoms with van der Waals surface area (Å²) in [5, 5.41) is 0. The Morgan fingerprint density at radius 2 is 2.10 bits per heavy atom. The molecule has 5 nitrogen and oxygen atoms in total. The second-order valence-corrected chi connectivity index (χ2v) is 5.87. The number of hydrogen-bond donors (Lipinski definition) is 0. The summed E-state index contributed by atoms with van der Waals surface area (Å²) < 4.78 is 11.1. The molecule has 1 atom stereocenters. The van der Waals surface area contributed by atoms with Gasteiger partial charge >= 0.3 is 0 Å². The Balaban J connectivity index is 1.53. The average molecular weight is 284 g/mol. The van der Waals surface area contributed by atoms with E-state index in [2.05, 4.69) is 4.90 Å². The molecule has 0 aliphatic carbocycles. The average Bonchev–Trinajstić information content (AvgIpc) is 2.99. The van der Waals surface area contributed by atoms with E-state index in [1.807, 2.05) is 7.05 Å². The first-order valence-electron chi connectivity index (χ1n) is 7.91. The van der Waals surface area contributed by atoms with E-state index in [4.69, 9.17) is 9.47 Å². The van der Waals surface area contributed by atoms with Crippen molar-refractivity contribution in [2.45, 2.75) is 38.2 Å². The Bertz CT molecular complexity index is 287. The largest absolute Gasteiger partial charge is 0.376 e. The quantitative estimate of drug-likeness (QED) is 0.703. The van der Waals surface area contributed by atoms with Crippen LogP contribution < -0.4 is 0 Å². The normalized spacial score (nSPS) is 23.9. The van der Waals surface area contributed by atoms with Crippen LogP contribution in [0.5, 0.6) is 0 Å². The summed E-state index contributed by atoms with van der Waals surface area (Å²) in [6, 6.07) is 0. The highest BCUT2D eigenvalue weighted by Crippen LogP contribution is 2.12. The highest BCUT2D eigenvalue weighted by Gasteiger charge is 2.17. The predicted octanol–water partition coefficient (Wildman–Crippen LogP) is 1.13. The summed E-state index contributed by atoms with van der Waals surface area (Å²) in [5.41, 5.74) is 0. The van der Waals surface area contributed by atoms with Gasteiger partial charge in [0.05, 0.1) is 12.7 Å². The minimum Gasteiger partial charge on any atom is -0.376 e. The number of likely N-dealkylation sites (N-methyl/N-ethyl adjacent to an activating group) is 1. The molecule has 1 amide bonds. The molecule has 2 heterocycles. The maximum absolute atomic E-state index is 11.9. The second kappa shape index (κ2) is 8.60. The van der Waals surface area contributed by atoms with Crippen LogP contribution in [0.4, 0.5) is 0 Å². The summed E-state index contributed by atoms with van der Waals surface area (Å²) in [5.74, 6) is 0.0695. The lowest BCUT2D eigenvalue weighted by Crippen LogP contribution is -2.37. The molecule has 0 bridgehead atoms. The lowest BCUT2D eigenvalue weighted by molar-refractivity contribution is -0.137. The SMILES string of the molecule is CN(CCN1CCCC1)C(=O)COC[C@@H]1CCCCO1. The zero-order chi connectivity index (χ0) is 14.2. The summed E-state index contributed by atoms with van der Waals surface area (Å²) in [6.07, 6.45) is 6.18. The van der Waals surface area contributed by atoms with Crippen molar-refractivity contribution >= 4 is 5.91 Å². The lowest BCUT2D eigenvalue weighted by Gasteiger charge is -2.24. The van der Waals surface area contributed by atoms with E-state index in [-0.39, 0.29) is 18.6 Å². The number of amides is 1. The van der Waals surface area contributed by atoms with Crippen LogP contribution in [0.2, 0.25) is 0 Å². The molecule has 116 valence electrons. The number of rotatable bonds is 7. The van der Waals surface area contributed by atoms with E-state index in [0.29, 0.717) is 6.61 Å². The predicted molar refractivity (Wildman–Crippen MR) is 77.7 cm³/mol. The molecule has 0 aromatic rings. The molecule has 0 spiro atoms. The molecule has 5 heteroatoms. The fourth-order valence-corrected chi connectivity index (χ4v) is 2.75. The second-order valence-electron chi connectivity index (χ2n) is 5.87. The molecule has 2 fully saturated rings. The highest BCUT2D eigenvalue weighted by atomic mass is 16.5. The van der Waals surface area contributed by atoms with Crippen molar-refractivity contribution in [3.63, 3.8) is 0 Å². The molecular weight excluding hydrogens is 256 g/mol. The van der Waals surface area contributed by atoms with Crippen molar-refractivity contribution in [2.75, 3.05) is 53.0 Å². The van der Waals surface area contributed by atoms with Crippen LogP contribution in [-0.2, 0) is 14.3 Å². The number of carbonyl (C=O) groups is 1. The molecule has 0 aromatic carbocycles. The third-order valence-electron chi connectivity index (χ3n) is 4.18. The van der Waals surface area contributed by atoms with E-state index in [1.165, 1.54) is 32.4 Å². The number of ether oxygens (including phenoxy) is 2. The topological polar surface area (TPSA) is 42.0 Å². The van der Waals surface area contributed by atoms with Crippen molar-refractivity contribution in [3.8, 4) is 0 Å². The lowest BCUT2D eigenvalue weighted by atomic mass is 10.1. The molecule has 2 rings (SSSR count). The Kier molecular flexibility index (Phi) is 6.76. The van der Waals surface area contributed by atoms with Crippen LogP contribution in [0.1, 0.15) is 32.1 Å². The van der Waals surface area contributed by atoms with Gasteiger partial charge in [-0.3, -0.25) is 4.79 Å². The van der Waals surface area contributed by atoms with Crippen molar-refractivity contribution in [2.24, 2.45) is 0 Å². The van der Waals surface area contributed by atoms with Gasteiger partial charge in [-0.2, -0.15) is 0 Å². The van der Waals surface area contributed by atoms with Gasteiger partial charge in [0, 0.05) is 26.7 Å². The van der Waals surface area contributed by atoms with Crippen LogP contribution in [0.25, 0.3) is 0 Å². The Hall–Kier alpha value is -0.650. The van der Waals surface area contributed by atoms with Crippen molar-refractivity contribution in [1.82, 2.24) is 9.80 Å². The van der Waals surface area contributed by atoms with Gasteiger partial charge in [0.1, 0.15) is 6.61 Å². The first-order valence-corrected chi connectivity index (χ1v) is 7.91. The van der Waals surface area contributed by atoms with Crippen LogP contribution in [0, 0.1) is 0 Å². The van der Waals surface area contributed by atoms with Gasteiger partial charge in [0.15, 0.2) is 0 Å². The Morgan fingerprint density at radius 3 is 2.80 bits per heavy atom. The van der Waals surface area contributed by atoms with Crippen LogP contribution in [-0.4, -0.2) is 74.9 Å². The third-order valence-corrected chi connectivity index (χ3v) is 4.18. The first-order chi connectivity index (χ1) is 9.75. The van der Waals surface area contributed by atoms with E-state index < -0.39 is 0 Å². The maximum atomic E-state index is 11.9. The number of likely N-dealkylation sites (tertiary alicyclic amines) is 1. The fourth-order valence-electron chi connectivity index (χ4n) is 2.75. The van der Waals surface area contributed by atoms with Crippen LogP contribution in [0.3, 0.4) is 0 Å². The molecular formula is C15H28N2O3. The number of hydrogen-bond acceptors (Lipinski definition) is 4. The summed E-state index contributed by atoms with van der Waals surface area (Å²) in [4.78, 5) is 16.1. The molecule has 20 heavy (non-hydrogen) atoms. The monoisotopic (exact) mass is 284 g/mol. The molecule has 0 radical (unpaired) electrons. The highest BCUT2D eigenvalue weighted by molar-refractivity contribution is 5.77. The molecule has 0 N–H and O–H groups in total. The molecule has 2 saturated heterocycles. The maximum Gasteiger partial charge on any atom is 0.248 e. The van der Waals surface area contributed by atoms with E-state index in [1.54, 1.807) is 4.90 Å². The summed E-state index contributed by atoms with van der Waals surface area (Å²) >= 11 is 0. The third kappa shape index (κ3) is 5.38. The number of carbonyl (C=O) groups excluding carboxylic acids is 1. The van der Waals surface area contributed by atoms with Gasteiger partial charge in [-0.1, -0.05) is 0 Å². The van der Waals surface area contributed by atoms with Gasteiger partial charge in [-0.05, 0) is 45.2 Å². The molecule has 0 saturated carbocycles. The van der Waals surface area contributed by atoms with E-state index >= 15 is 0 Å². The number of nitrogens with zero attached hydrogens (tertiary/aromatic N) is 2. The standard InChI is InChI=1S/C15H28N2O3/c1-16(9-10-17-7-3-4-8-17)15(18)13-19-12-14-6-2-5-11-20-14/h14H,2-13H2,1H3/t14-/m0/s1. The van der Waals surface area contributed by atoms with E-state index in [9.17, 15) is 4.79 Å². The van der Waals surface area contributed by atoms with Crippen LogP contribution >= 0.6 is 0 Å². The zero-order valence-electron chi connectivity index (χ0n) is 12.7. The van der Waals surface area contributed by atoms with Gasteiger partial charge in [0.25, 0.3) is 0 Å². The van der Waals surface area contributed by atoms with Gasteiger partial charge < -0.3 is 19.3 Å². The summed E-state index contributed by atoms with van der Waals surface area (Å²) in [6.45, 7) is 5.69. The van der Waals surface area contributed by atoms with Gasteiger partial charge in [-0.15, -0.1) is 0 Å². The summed E-state index contributed by atoms with van der Waals surface area (Å²) in [7, 11) is 1.86. The zero-order valence-corrected chi connectivity index (χ0v) is 12.7. The van der Waals surface area contributed by atoms with Gasteiger partial charge in [-0.25, -0.2) is 0 Å². The van der Waals surface area contributed by atoms with Gasteiger partial charge in [0.2, 0.25) is 5.91 Å². The first kappa shape index (κ1) is 15.7. The molecule has 2 aliphatic heterocycles. The van der Waals surface area contributed by atoms with Crippen molar-refractivity contribution < 1.29 is 14.3 Å². The minimum absolute atomic E-state index is 0.0695. The smallest absolute Gasteiger partial charge is 0.248 e. The van der Waals surface area contributed by atoms with Crippen LogP contribution in [0.15, 0.2) is 0 Å². The minimum atomic E-state index is 0.0695. The Morgan fingerprint density at radius 1 is 1.30 bits per heavy atom. The van der Waals surface area contributed by atoms with E-state index in [0.717, 1.165) is 32.5 Å². The molecule has 0 unspecified atom stereocenters. The van der Waals surface area contributed by atoms with Crippen molar-refractivity contribution in [3.05, 3.63) is 0 Å².